The van der Waals surface area contributed by atoms with Gasteiger partial charge >= 0.3 is 0 Å². The van der Waals surface area contributed by atoms with Gasteiger partial charge in [-0.25, -0.2) is 5.10 Å². The lowest BCUT2D eigenvalue weighted by molar-refractivity contribution is 0.919. The van der Waals surface area contributed by atoms with Crippen molar-refractivity contribution in [3.63, 3.8) is 0 Å². The zero-order valence-electron chi connectivity index (χ0n) is 7.67. The van der Waals surface area contributed by atoms with Gasteiger partial charge < -0.3 is 0 Å². The van der Waals surface area contributed by atoms with Gasteiger partial charge in [-0.3, -0.25) is 4.79 Å². The molecule has 0 fully saturated rings. The van der Waals surface area contributed by atoms with E-state index in [1.54, 1.807) is 18.2 Å². The van der Waals surface area contributed by atoms with Crippen LogP contribution in [0.3, 0.4) is 0 Å². The third-order valence-corrected chi connectivity index (χ3v) is 2.49. The van der Waals surface area contributed by atoms with Gasteiger partial charge in [0.1, 0.15) is 0 Å². The molecule has 0 unspecified atom stereocenters. The minimum atomic E-state index is -0.195. The summed E-state index contributed by atoms with van der Waals surface area (Å²) >= 11 is 6.02. The minimum Gasteiger partial charge on any atom is -0.267 e. The van der Waals surface area contributed by atoms with Crippen molar-refractivity contribution in [2.24, 2.45) is 0 Å². The van der Waals surface area contributed by atoms with Crippen molar-refractivity contribution >= 4 is 22.4 Å². The van der Waals surface area contributed by atoms with Crippen molar-refractivity contribution in [1.29, 1.82) is 0 Å². The van der Waals surface area contributed by atoms with Crippen LogP contribution in [0.4, 0.5) is 0 Å². The van der Waals surface area contributed by atoms with Crippen LogP contribution in [0.1, 0.15) is 12.6 Å². The first kappa shape index (κ1) is 9.21. The van der Waals surface area contributed by atoms with Gasteiger partial charge in [-0.05, 0) is 18.6 Å². The van der Waals surface area contributed by atoms with E-state index in [0.29, 0.717) is 10.4 Å². The number of fused-ring (bicyclic) bond motifs is 1. The molecular weight excluding hydrogens is 200 g/mol. The maximum Gasteiger partial charge on any atom is 0.272 e. The Hall–Kier alpha value is -1.35. The fraction of sp³-hybridized carbons (Fsp3) is 0.200. The number of halogens is 1. The molecule has 1 N–H and O–H groups in total. The topological polar surface area (TPSA) is 45.8 Å². The van der Waals surface area contributed by atoms with Crippen LogP contribution in [0.15, 0.2) is 23.0 Å². The molecule has 0 aliphatic heterocycles. The highest BCUT2D eigenvalue weighted by atomic mass is 35.5. The highest BCUT2D eigenvalue weighted by Crippen LogP contribution is 2.22. The van der Waals surface area contributed by atoms with E-state index in [-0.39, 0.29) is 5.56 Å². The molecule has 0 spiro atoms. The molecule has 14 heavy (non-hydrogen) atoms. The number of benzene rings is 1. The zero-order valence-corrected chi connectivity index (χ0v) is 8.43. The van der Waals surface area contributed by atoms with E-state index in [0.717, 1.165) is 17.5 Å². The number of hydrogen-bond donors (Lipinski definition) is 1. The zero-order chi connectivity index (χ0) is 10.1. The monoisotopic (exact) mass is 208 g/mol. The number of aromatic nitrogens is 2. The number of hydrogen-bond acceptors (Lipinski definition) is 2. The minimum absolute atomic E-state index is 0.195. The molecule has 72 valence electrons. The largest absolute Gasteiger partial charge is 0.272 e. The number of nitrogens with zero attached hydrogens (tertiary/aromatic N) is 1. The first-order valence-corrected chi connectivity index (χ1v) is 4.77. The molecule has 0 amide bonds. The fourth-order valence-electron chi connectivity index (χ4n) is 1.50. The average molecular weight is 209 g/mol. The molecule has 0 saturated carbocycles. The van der Waals surface area contributed by atoms with E-state index >= 15 is 0 Å². The first-order chi connectivity index (χ1) is 6.74. The van der Waals surface area contributed by atoms with Gasteiger partial charge in [0.25, 0.3) is 5.56 Å². The lowest BCUT2D eigenvalue weighted by atomic mass is 10.1. The molecule has 1 heterocycles. The molecule has 2 aromatic rings. The Kier molecular flexibility index (Phi) is 2.25. The standard InChI is InChI=1S/C10H9ClN2O/c1-2-8-9-6(10(14)13-12-8)4-3-5-7(9)11/h3-5H,2H2,1H3,(H,13,14). The van der Waals surface area contributed by atoms with Crippen molar-refractivity contribution < 1.29 is 0 Å². The SMILES string of the molecule is CCc1n[nH]c(=O)c2cccc(Cl)c12. The lowest BCUT2D eigenvalue weighted by Gasteiger charge is -2.03. The number of rotatable bonds is 1. The summed E-state index contributed by atoms with van der Waals surface area (Å²) in [6.07, 6.45) is 0.747. The van der Waals surface area contributed by atoms with Gasteiger partial charge in [-0.15, -0.1) is 0 Å². The van der Waals surface area contributed by atoms with Crippen LogP contribution in [0.25, 0.3) is 10.8 Å². The first-order valence-electron chi connectivity index (χ1n) is 4.39. The van der Waals surface area contributed by atoms with Crippen LogP contribution >= 0.6 is 11.6 Å². The number of aromatic amines is 1. The molecule has 0 aliphatic carbocycles. The lowest BCUT2D eigenvalue weighted by Crippen LogP contribution is -2.10. The van der Waals surface area contributed by atoms with Crippen LogP contribution in [-0.2, 0) is 6.42 Å². The Morgan fingerprint density at radius 2 is 2.29 bits per heavy atom. The molecule has 0 aliphatic rings. The van der Waals surface area contributed by atoms with Gasteiger partial charge in [0.15, 0.2) is 0 Å². The summed E-state index contributed by atoms with van der Waals surface area (Å²) in [7, 11) is 0. The Balaban J connectivity index is 3.00. The molecule has 2 rings (SSSR count). The van der Waals surface area contributed by atoms with Crippen molar-refractivity contribution in [3.05, 3.63) is 39.3 Å². The molecule has 1 aromatic heterocycles. The third-order valence-electron chi connectivity index (χ3n) is 2.17. The summed E-state index contributed by atoms with van der Waals surface area (Å²) in [6.45, 7) is 1.98. The summed E-state index contributed by atoms with van der Waals surface area (Å²) in [4.78, 5) is 11.4. The predicted molar refractivity (Wildman–Crippen MR) is 56.8 cm³/mol. The van der Waals surface area contributed by atoms with E-state index in [1.165, 1.54) is 0 Å². The number of H-pyrrole nitrogens is 1. The Morgan fingerprint density at radius 3 is 3.00 bits per heavy atom. The average Bonchev–Trinajstić information content (AvgIpc) is 2.20. The summed E-state index contributed by atoms with van der Waals surface area (Å²) in [6, 6.07) is 5.28. The number of nitrogens with one attached hydrogen (secondary N) is 1. The third kappa shape index (κ3) is 1.30. The van der Waals surface area contributed by atoms with Gasteiger partial charge in [0, 0.05) is 5.39 Å². The van der Waals surface area contributed by atoms with E-state index in [9.17, 15) is 4.79 Å². The van der Waals surface area contributed by atoms with Crippen LogP contribution in [0, 0.1) is 0 Å². The molecule has 0 atom stereocenters. The summed E-state index contributed by atoms with van der Waals surface area (Å²) in [5, 5.41) is 8.37. The van der Waals surface area contributed by atoms with Crippen molar-refractivity contribution in [1.82, 2.24) is 10.2 Å². The van der Waals surface area contributed by atoms with Crippen LogP contribution in [0.2, 0.25) is 5.02 Å². The fourth-order valence-corrected chi connectivity index (χ4v) is 1.78. The maximum absolute atomic E-state index is 11.4. The summed E-state index contributed by atoms with van der Waals surface area (Å²) < 4.78 is 0. The molecule has 3 nitrogen and oxygen atoms in total. The molecule has 0 bridgehead atoms. The van der Waals surface area contributed by atoms with Gasteiger partial charge in [-0.1, -0.05) is 24.6 Å². The Labute approximate surface area is 85.7 Å². The number of aryl methyl sites for hydroxylation is 1. The highest BCUT2D eigenvalue weighted by molar-refractivity contribution is 6.35. The van der Waals surface area contributed by atoms with E-state index in [1.807, 2.05) is 6.92 Å². The normalized spacial score (nSPS) is 10.7. The molecule has 0 saturated heterocycles. The van der Waals surface area contributed by atoms with Crippen molar-refractivity contribution in [2.75, 3.05) is 0 Å². The molecule has 0 radical (unpaired) electrons. The smallest absolute Gasteiger partial charge is 0.267 e. The summed E-state index contributed by atoms with van der Waals surface area (Å²) in [5.74, 6) is 0. The maximum atomic E-state index is 11.4. The van der Waals surface area contributed by atoms with Gasteiger partial charge in [0.05, 0.1) is 16.1 Å². The van der Waals surface area contributed by atoms with Gasteiger partial charge in [0.2, 0.25) is 0 Å². The van der Waals surface area contributed by atoms with E-state index in [2.05, 4.69) is 10.2 Å². The highest BCUT2D eigenvalue weighted by Gasteiger charge is 2.07. The molecule has 4 heteroatoms. The van der Waals surface area contributed by atoms with Crippen LogP contribution < -0.4 is 5.56 Å². The molecule has 1 aromatic carbocycles. The van der Waals surface area contributed by atoms with Crippen LogP contribution in [-0.4, -0.2) is 10.2 Å². The van der Waals surface area contributed by atoms with Crippen LogP contribution in [0.5, 0.6) is 0 Å². The summed E-state index contributed by atoms with van der Waals surface area (Å²) in [5.41, 5.74) is 0.630. The van der Waals surface area contributed by atoms with E-state index < -0.39 is 0 Å². The Bertz CT molecular complexity index is 533. The van der Waals surface area contributed by atoms with Gasteiger partial charge in [-0.2, -0.15) is 5.10 Å². The quantitative estimate of drug-likeness (QED) is 0.781. The second-order valence-corrected chi connectivity index (χ2v) is 3.42. The molecular formula is C10H9ClN2O. The van der Waals surface area contributed by atoms with Crippen molar-refractivity contribution in [2.45, 2.75) is 13.3 Å². The Morgan fingerprint density at radius 1 is 1.50 bits per heavy atom. The van der Waals surface area contributed by atoms with E-state index in [4.69, 9.17) is 11.6 Å². The second-order valence-electron chi connectivity index (χ2n) is 3.02. The van der Waals surface area contributed by atoms with Crippen molar-refractivity contribution in [3.8, 4) is 0 Å². The second kappa shape index (κ2) is 3.42. The predicted octanol–water partition coefficient (Wildman–Crippen LogP) is 2.14.